The van der Waals surface area contributed by atoms with Gasteiger partial charge in [-0.15, -0.1) is 0 Å². The first-order chi connectivity index (χ1) is 8.56. The van der Waals surface area contributed by atoms with E-state index in [0.29, 0.717) is 0 Å². The van der Waals surface area contributed by atoms with Crippen molar-refractivity contribution in [3.63, 3.8) is 0 Å². The van der Waals surface area contributed by atoms with Gasteiger partial charge in [-0.05, 0) is 57.5 Å². The van der Waals surface area contributed by atoms with E-state index in [4.69, 9.17) is 4.42 Å². The molecule has 3 heteroatoms. The van der Waals surface area contributed by atoms with Crippen LogP contribution in [0.1, 0.15) is 39.8 Å². The minimum atomic E-state index is 0.135. The predicted octanol–water partition coefficient (Wildman–Crippen LogP) is 3.22. The highest BCUT2D eigenvalue weighted by Gasteiger charge is 2.22. The van der Waals surface area contributed by atoms with Gasteiger partial charge in [0.25, 0.3) is 0 Å². The molecule has 0 fully saturated rings. The largest absolute Gasteiger partial charge is 0.466 e. The average Bonchev–Trinajstić information content (AvgIpc) is 2.59. The summed E-state index contributed by atoms with van der Waals surface area (Å²) in [6.45, 7) is 8.25. The maximum absolute atomic E-state index is 5.73. The van der Waals surface area contributed by atoms with E-state index >= 15 is 0 Å². The summed E-state index contributed by atoms with van der Waals surface area (Å²) >= 11 is 0. The van der Waals surface area contributed by atoms with Crippen LogP contribution in [0.2, 0.25) is 0 Å². The van der Waals surface area contributed by atoms with Crippen molar-refractivity contribution in [2.45, 2.75) is 33.7 Å². The van der Waals surface area contributed by atoms with E-state index in [1.54, 1.807) is 0 Å². The van der Waals surface area contributed by atoms with Gasteiger partial charge in [0.05, 0.1) is 6.04 Å². The molecule has 3 nitrogen and oxygen atoms in total. The van der Waals surface area contributed by atoms with E-state index < -0.39 is 0 Å². The van der Waals surface area contributed by atoms with Crippen molar-refractivity contribution in [1.29, 1.82) is 0 Å². The lowest BCUT2D eigenvalue weighted by molar-refractivity contribution is 0.495. The third-order valence-electron chi connectivity index (χ3n) is 3.59. The Kier molecular flexibility index (Phi) is 3.53. The molecule has 1 unspecified atom stereocenters. The molecule has 2 heterocycles. The molecule has 2 rings (SSSR count). The van der Waals surface area contributed by atoms with Gasteiger partial charge in [-0.2, -0.15) is 0 Å². The van der Waals surface area contributed by atoms with Gasteiger partial charge in [-0.1, -0.05) is 0 Å². The monoisotopic (exact) mass is 244 g/mol. The first-order valence-corrected chi connectivity index (χ1v) is 6.20. The van der Waals surface area contributed by atoms with E-state index in [2.05, 4.69) is 24.1 Å². The number of hydrogen-bond acceptors (Lipinski definition) is 3. The van der Waals surface area contributed by atoms with Crippen LogP contribution in [0.3, 0.4) is 0 Å². The van der Waals surface area contributed by atoms with Crippen LogP contribution in [-0.2, 0) is 0 Å². The van der Waals surface area contributed by atoms with Crippen molar-refractivity contribution >= 4 is 0 Å². The van der Waals surface area contributed by atoms with Crippen molar-refractivity contribution in [1.82, 2.24) is 10.3 Å². The molecule has 0 aliphatic carbocycles. The van der Waals surface area contributed by atoms with Crippen LogP contribution in [0, 0.1) is 27.7 Å². The maximum Gasteiger partial charge on any atom is 0.106 e. The summed E-state index contributed by atoms with van der Waals surface area (Å²) in [4.78, 5) is 4.24. The standard InChI is InChI=1S/C15H20N2O/c1-9-6-7-17-8-13(9)15(16-5)14-10(2)11(3)18-12(14)4/h6-8,15-16H,1-5H3. The van der Waals surface area contributed by atoms with Crippen LogP contribution < -0.4 is 5.32 Å². The molecule has 2 aromatic heterocycles. The summed E-state index contributed by atoms with van der Waals surface area (Å²) in [5, 5.41) is 3.37. The van der Waals surface area contributed by atoms with Crippen LogP contribution >= 0.6 is 0 Å². The number of nitrogens with one attached hydrogen (secondary N) is 1. The number of aryl methyl sites for hydroxylation is 3. The van der Waals surface area contributed by atoms with Gasteiger partial charge in [0.2, 0.25) is 0 Å². The molecular formula is C15H20N2O. The lowest BCUT2D eigenvalue weighted by atomic mass is 9.94. The number of rotatable bonds is 3. The second-order valence-corrected chi connectivity index (χ2v) is 4.71. The van der Waals surface area contributed by atoms with Crippen LogP contribution in [0.5, 0.6) is 0 Å². The fourth-order valence-corrected chi connectivity index (χ4v) is 2.47. The summed E-state index contributed by atoms with van der Waals surface area (Å²) < 4.78 is 5.73. The highest BCUT2D eigenvalue weighted by molar-refractivity contribution is 5.42. The Labute approximate surface area is 108 Å². The Morgan fingerprint density at radius 2 is 1.89 bits per heavy atom. The molecule has 0 spiro atoms. The van der Waals surface area contributed by atoms with Gasteiger partial charge in [0.15, 0.2) is 0 Å². The van der Waals surface area contributed by atoms with Gasteiger partial charge < -0.3 is 9.73 Å². The molecule has 96 valence electrons. The van der Waals surface area contributed by atoms with Crippen molar-refractivity contribution in [2.75, 3.05) is 7.05 Å². The lowest BCUT2D eigenvalue weighted by Gasteiger charge is -2.19. The summed E-state index contributed by atoms with van der Waals surface area (Å²) in [5.41, 5.74) is 4.88. The molecule has 1 N–H and O–H groups in total. The molecule has 1 atom stereocenters. The first-order valence-electron chi connectivity index (χ1n) is 6.20. The van der Waals surface area contributed by atoms with Crippen LogP contribution in [0.25, 0.3) is 0 Å². The minimum Gasteiger partial charge on any atom is -0.466 e. The second kappa shape index (κ2) is 4.94. The molecule has 0 aromatic carbocycles. The molecule has 18 heavy (non-hydrogen) atoms. The SMILES string of the molecule is CNC(c1cnccc1C)c1c(C)oc(C)c1C. The smallest absolute Gasteiger partial charge is 0.106 e. The van der Waals surface area contributed by atoms with Crippen LogP contribution in [0.4, 0.5) is 0 Å². The van der Waals surface area contributed by atoms with Crippen LogP contribution in [-0.4, -0.2) is 12.0 Å². The Balaban J connectivity index is 2.56. The summed E-state index contributed by atoms with van der Waals surface area (Å²) in [5.74, 6) is 1.97. The van der Waals surface area contributed by atoms with Gasteiger partial charge in [0, 0.05) is 18.0 Å². The number of aromatic nitrogens is 1. The fourth-order valence-electron chi connectivity index (χ4n) is 2.47. The van der Waals surface area contributed by atoms with E-state index in [9.17, 15) is 0 Å². The van der Waals surface area contributed by atoms with Gasteiger partial charge in [-0.3, -0.25) is 4.98 Å². The fraction of sp³-hybridized carbons (Fsp3) is 0.400. The second-order valence-electron chi connectivity index (χ2n) is 4.71. The van der Waals surface area contributed by atoms with Crippen molar-refractivity contribution < 1.29 is 4.42 Å². The van der Waals surface area contributed by atoms with Gasteiger partial charge in [-0.25, -0.2) is 0 Å². The van der Waals surface area contributed by atoms with Crippen molar-refractivity contribution in [3.05, 3.63) is 52.2 Å². The van der Waals surface area contributed by atoms with E-state index in [-0.39, 0.29) is 6.04 Å². The number of nitrogens with zero attached hydrogens (tertiary/aromatic N) is 1. The quantitative estimate of drug-likeness (QED) is 0.901. The molecule has 0 aliphatic rings. The summed E-state index contributed by atoms with van der Waals surface area (Å²) in [7, 11) is 1.97. The molecule has 0 saturated carbocycles. The molecule has 0 amide bonds. The minimum absolute atomic E-state index is 0.135. The highest BCUT2D eigenvalue weighted by Crippen LogP contribution is 2.32. The van der Waals surface area contributed by atoms with E-state index in [1.165, 1.54) is 22.3 Å². The van der Waals surface area contributed by atoms with Gasteiger partial charge >= 0.3 is 0 Å². The Bertz CT molecular complexity index is 558. The van der Waals surface area contributed by atoms with Crippen molar-refractivity contribution in [3.8, 4) is 0 Å². The van der Waals surface area contributed by atoms with Crippen molar-refractivity contribution in [2.24, 2.45) is 0 Å². The zero-order valence-corrected chi connectivity index (χ0v) is 11.7. The normalized spacial score (nSPS) is 12.7. The predicted molar refractivity (Wildman–Crippen MR) is 72.8 cm³/mol. The summed E-state index contributed by atoms with van der Waals surface area (Å²) in [6, 6.07) is 2.17. The Hall–Kier alpha value is -1.61. The number of pyridine rings is 1. The third kappa shape index (κ3) is 2.06. The molecule has 0 bridgehead atoms. The maximum atomic E-state index is 5.73. The summed E-state index contributed by atoms with van der Waals surface area (Å²) in [6.07, 6.45) is 3.75. The molecule has 0 radical (unpaired) electrons. The van der Waals surface area contributed by atoms with E-state index in [0.717, 1.165) is 11.5 Å². The van der Waals surface area contributed by atoms with Gasteiger partial charge in [0.1, 0.15) is 11.5 Å². The molecule has 2 aromatic rings. The van der Waals surface area contributed by atoms with E-state index in [1.807, 2.05) is 39.4 Å². The number of hydrogen-bond donors (Lipinski definition) is 1. The van der Waals surface area contributed by atoms with Crippen LogP contribution in [0.15, 0.2) is 22.9 Å². The Morgan fingerprint density at radius 1 is 1.17 bits per heavy atom. The zero-order chi connectivity index (χ0) is 13.3. The third-order valence-corrected chi connectivity index (χ3v) is 3.59. The molecule has 0 saturated heterocycles. The highest BCUT2D eigenvalue weighted by atomic mass is 16.3. The average molecular weight is 244 g/mol. The Morgan fingerprint density at radius 3 is 2.39 bits per heavy atom. The molecular weight excluding hydrogens is 224 g/mol. The molecule has 0 aliphatic heterocycles. The zero-order valence-electron chi connectivity index (χ0n) is 11.7. The first kappa shape index (κ1) is 12.8. The number of furan rings is 1. The lowest BCUT2D eigenvalue weighted by Crippen LogP contribution is -2.20. The topological polar surface area (TPSA) is 38.1 Å².